The summed E-state index contributed by atoms with van der Waals surface area (Å²) in [6.07, 6.45) is 0. The van der Waals surface area contributed by atoms with Gasteiger partial charge in [0.25, 0.3) is 5.91 Å². The third kappa shape index (κ3) is 3.15. The Morgan fingerprint density at radius 1 is 1.50 bits per heavy atom. The number of amides is 1. The molecule has 1 amide bonds. The fourth-order valence-electron chi connectivity index (χ4n) is 1.59. The van der Waals surface area contributed by atoms with Crippen molar-refractivity contribution >= 4 is 39.7 Å². The Kier molecular flexibility index (Phi) is 4.36. The number of carbonyl (C=O) groups is 1. The van der Waals surface area contributed by atoms with Crippen LogP contribution in [0.25, 0.3) is 0 Å². The summed E-state index contributed by atoms with van der Waals surface area (Å²) in [7, 11) is 0. The maximum Gasteiger partial charge on any atom is 0.257 e. The van der Waals surface area contributed by atoms with E-state index in [0.29, 0.717) is 27.1 Å². The van der Waals surface area contributed by atoms with Gasteiger partial charge in [0, 0.05) is 16.0 Å². The zero-order chi connectivity index (χ0) is 14.7. The molecule has 0 aliphatic carbocycles. The van der Waals surface area contributed by atoms with Crippen molar-refractivity contribution < 1.29 is 10.0 Å². The molecule has 20 heavy (non-hydrogen) atoms. The summed E-state index contributed by atoms with van der Waals surface area (Å²) in [5.74, 6) is -0.251. The van der Waals surface area contributed by atoms with Crippen molar-refractivity contribution in [2.45, 2.75) is 13.8 Å². The molecule has 7 heteroatoms. The summed E-state index contributed by atoms with van der Waals surface area (Å²) in [5, 5.41) is 17.2. The van der Waals surface area contributed by atoms with Gasteiger partial charge in [-0.3, -0.25) is 10.1 Å². The molecule has 0 saturated heterocycles. The molecule has 5 nitrogen and oxygen atoms in total. The van der Waals surface area contributed by atoms with Gasteiger partial charge in [0.1, 0.15) is 11.4 Å². The highest BCUT2D eigenvalue weighted by molar-refractivity contribution is 7.14. The van der Waals surface area contributed by atoms with E-state index in [2.05, 4.69) is 15.5 Å². The van der Waals surface area contributed by atoms with Crippen LogP contribution < -0.4 is 5.32 Å². The van der Waals surface area contributed by atoms with Crippen LogP contribution in [-0.4, -0.2) is 21.8 Å². The Morgan fingerprint density at radius 2 is 2.25 bits per heavy atom. The van der Waals surface area contributed by atoms with Crippen molar-refractivity contribution in [1.82, 2.24) is 4.98 Å². The Labute approximate surface area is 124 Å². The quantitative estimate of drug-likeness (QED) is 0.517. The predicted octanol–water partition coefficient (Wildman–Crippen LogP) is 3.56. The van der Waals surface area contributed by atoms with Gasteiger partial charge in [0.2, 0.25) is 0 Å². The average Bonchev–Trinajstić information content (AvgIpc) is 2.86. The molecule has 0 unspecified atom stereocenters. The smallest absolute Gasteiger partial charge is 0.257 e. The van der Waals surface area contributed by atoms with Gasteiger partial charge in [-0.1, -0.05) is 16.8 Å². The van der Waals surface area contributed by atoms with Crippen LogP contribution in [0.1, 0.15) is 28.5 Å². The normalized spacial score (nSPS) is 11.4. The highest BCUT2D eigenvalue weighted by Crippen LogP contribution is 2.19. The fourth-order valence-corrected chi connectivity index (χ4v) is 2.57. The van der Waals surface area contributed by atoms with Gasteiger partial charge < -0.3 is 5.21 Å². The van der Waals surface area contributed by atoms with E-state index in [1.165, 1.54) is 11.3 Å². The maximum atomic E-state index is 12.1. The van der Waals surface area contributed by atoms with Crippen molar-refractivity contribution in [3.8, 4) is 0 Å². The SMILES string of the molecule is C/C(=N/O)c1csc(NC(=O)c2ccc(Cl)cc2C)n1. The number of hydrogen-bond acceptors (Lipinski definition) is 5. The number of nitrogens with one attached hydrogen (secondary N) is 1. The lowest BCUT2D eigenvalue weighted by atomic mass is 10.1. The zero-order valence-electron chi connectivity index (χ0n) is 10.8. The summed E-state index contributed by atoms with van der Waals surface area (Å²) >= 11 is 7.12. The summed E-state index contributed by atoms with van der Waals surface area (Å²) in [6.45, 7) is 3.45. The number of thiazole rings is 1. The largest absolute Gasteiger partial charge is 0.411 e. The zero-order valence-corrected chi connectivity index (χ0v) is 12.4. The number of aromatic nitrogens is 1. The van der Waals surface area contributed by atoms with Crippen molar-refractivity contribution in [3.05, 3.63) is 45.4 Å². The van der Waals surface area contributed by atoms with Crippen LogP contribution >= 0.6 is 22.9 Å². The number of hydrogen-bond donors (Lipinski definition) is 2. The number of anilines is 1. The molecular weight excluding hydrogens is 298 g/mol. The molecule has 0 saturated carbocycles. The monoisotopic (exact) mass is 309 g/mol. The van der Waals surface area contributed by atoms with Crippen LogP contribution in [0.5, 0.6) is 0 Å². The molecule has 0 atom stereocenters. The Morgan fingerprint density at radius 3 is 2.90 bits per heavy atom. The number of benzene rings is 1. The van der Waals surface area contributed by atoms with Gasteiger partial charge in [-0.05, 0) is 37.6 Å². The van der Waals surface area contributed by atoms with E-state index >= 15 is 0 Å². The van der Waals surface area contributed by atoms with Crippen LogP contribution in [0.15, 0.2) is 28.7 Å². The fraction of sp³-hybridized carbons (Fsp3) is 0.154. The summed E-state index contributed by atoms with van der Waals surface area (Å²) in [6, 6.07) is 5.06. The highest BCUT2D eigenvalue weighted by atomic mass is 35.5. The van der Waals surface area contributed by atoms with E-state index in [1.54, 1.807) is 30.5 Å². The third-order valence-corrected chi connectivity index (χ3v) is 3.67. The number of oxime groups is 1. The molecule has 0 aliphatic heterocycles. The lowest BCUT2D eigenvalue weighted by Gasteiger charge is -2.05. The Hall–Kier alpha value is -1.92. The summed E-state index contributed by atoms with van der Waals surface area (Å²) in [4.78, 5) is 16.3. The first-order valence-electron chi connectivity index (χ1n) is 5.73. The first-order valence-corrected chi connectivity index (χ1v) is 6.99. The summed E-state index contributed by atoms with van der Waals surface area (Å²) in [5.41, 5.74) is 2.25. The number of carbonyl (C=O) groups excluding carboxylic acids is 1. The number of halogens is 1. The van der Waals surface area contributed by atoms with E-state index in [9.17, 15) is 4.79 Å². The number of aryl methyl sites for hydroxylation is 1. The lowest BCUT2D eigenvalue weighted by Crippen LogP contribution is -2.13. The molecule has 0 bridgehead atoms. The molecule has 0 aliphatic rings. The minimum atomic E-state index is -0.251. The van der Waals surface area contributed by atoms with E-state index in [-0.39, 0.29) is 5.91 Å². The molecular formula is C13H12ClN3O2S. The molecule has 1 aromatic heterocycles. The third-order valence-electron chi connectivity index (χ3n) is 2.68. The van der Waals surface area contributed by atoms with E-state index in [0.717, 1.165) is 5.56 Å². The van der Waals surface area contributed by atoms with Gasteiger partial charge in [0.05, 0.1) is 0 Å². The van der Waals surface area contributed by atoms with Gasteiger partial charge >= 0.3 is 0 Å². The topological polar surface area (TPSA) is 74.6 Å². The predicted molar refractivity (Wildman–Crippen MR) is 80.3 cm³/mol. The standard InChI is InChI=1S/C13H12ClN3O2S/c1-7-5-9(14)3-4-10(7)12(18)16-13-15-11(6-20-13)8(2)17-19/h3-6,19H,1-2H3,(H,15,16,18)/b17-8-. The van der Waals surface area contributed by atoms with E-state index < -0.39 is 0 Å². The van der Waals surface area contributed by atoms with Gasteiger partial charge in [-0.2, -0.15) is 0 Å². The Bertz CT molecular complexity index is 682. The van der Waals surface area contributed by atoms with Crippen LogP contribution in [0.2, 0.25) is 5.02 Å². The van der Waals surface area contributed by atoms with E-state index in [1.807, 2.05) is 6.92 Å². The number of nitrogens with zero attached hydrogens (tertiary/aromatic N) is 2. The van der Waals surface area contributed by atoms with Gasteiger partial charge in [-0.15, -0.1) is 11.3 Å². The molecule has 104 valence electrons. The average molecular weight is 310 g/mol. The Balaban J connectivity index is 2.17. The van der Waals surface area contributed by atoms with Crippen LogP contribution in [0.4, 0.5) is 5.13 Å². The second-order valence-electron chi connectivity index (χ2n) is 4.14. The minimum absolute atomic E-state index is 0.251. The molecule has 0 radical (unpaired) electrons. The molecule has 1 aromatic carbocycles. The first kappa shape index (κ1) is 14.5. The van der Waals surface area contributed by atoms with Crippen molar-refractivity contribution in [3.63, 3.8) is 0 Å². The number of rotatable bonds is 3. The van der Waals surface area contributed by atoms with Crippen molar-refractivity contribution in [2.24, 2.45) is 5.16 Å². The molecule has 0 spiro atoms. The maximum absolute atomic E-state index is 12.1. The second-order valence-corrected chi connectivity index (χ2v) is 5.43. The summed E-state index contributed by atoms with van der Waals surface area (Å²) < 4.78 is 0. The van der Waals surface area contributed by atoms with Crippen LogP contribution in [-0.2, 0) is 0 Å². The van der Waals surface area contributed by atoms with Crippen LogP contribution in [0, 0.1) is 6.92 Å². The second kappa shape index (κ2) is 6.02. The lowest BCUT2D eigenvalue weighted by molar-refractivity contribution is 0.102. The first-order chi connectivity index (χ1) is 9.51. The van der Waals surface area contributed by atoms with Crippen molar-refractivity contribution in [1.29, 1.82) is 0 Å². The molecule has 2 aromatic rings. The highest BCUT2D eigenvalue weighted by Gasteiger charge is 2.12. The van der Waals surface area contributed by atoms with Gasteiger partial charge in [0.15, 0.2) is 5.13 Å². The van der Waals surface area contributed by atoms with Gasteiger partial charge in [-0.25, -0.2) is 4.98 Å². The molecule has 1 heterocycles. The molecule has 0 fully saturated rings. The van der Waals surface area contributed by atoms with E-state index in [4.69, 9.17) is 16.8 Å². The molecule has 2 N–H and O–H groups in total. The minimum Gasteiger partial charge on any atom is -0.411 e. The van der Waals surface area contributed by atoms with Crippen molar-refractivity contribution in [2.75, 3.05) is 5.32 Å². The molecule has 2 rings (SSSR count). The van der Waals surface area contributed by atoms with Crippen LogP contribution in [0.3, 0.4) is 0 Å².